The third-order valence-electron chi connectivity index (χ3n) is 3.75. The lowest BCUT2D eigenvalue weighted by molar-refractivity contribution is 0.0940. The Bertz CT molecular complexity index is 460. The van der Waals surface area contributed by atoms with E-state index in [2.05, 4.69) is 13.8 Å². The fraction of sp³-hybridized carbons (Fsp3) is 0.562. The molecule has 1 aliphatic rings. The highest BCUT2D eigenvalue weighted by Gasteiger charge is 2.26. The van der Waals surface area contributed by atoms with Crippen molar-refractivity contribution in [3.63, 3.8) is 0 Å². The maximum atomic E-state index is 13.2. The summed E-state index contributed by atoms with van der Waals surface area (Å²) in [4.78, 5) is 11.5. The van der Waals surface area contributed by atoms with Gasteiger partial charge in [-0.05, 0) is 56.2 Å². The maximum absolute atomic E-state index is 13.2. The van der Waals surface area contributed by atoms with Crippen molar-refractivity contribution in [2.75, 3.05) is 0 Å². The number of hydrogen-bond acceptors (Lipinski definition) is 2. The van der Waals surface area contributed by atoms with Crippen LogP contribution in [0.25, 0.3) is 0 Å². The van der Waals surface area contributed by atoms with Crippen LogP contribution in [0.1, 0.15) is 50.4 Å². The second-order valence-corrected chi connectivity index (χ2v) is 5.85. The lowest BCUT2D eigenvalue weighted by atomic mass is 9.82. The maximum Gasteiger partial charge on any atom is 0.163 e. The van der Waals surface area contributed by atoms with Gasteiger partial charge in [0.05, 0.1) is 11.7 Å². The third kappa shape index (κ3) is 3.55. The number of ether oxygens (including phenoxy) is 1. The Morgan fingerprint density at radius 3 is 2.42 bits per heavy atom. The number of hydrogen-bond donors (Lipinski definition) is 0. The average Bonchev–Trinajstić information content (AvgIpc) is 2.30. The number of benzene rings is 1. The number of rotatable bonds is 3. The van der Waals surface area contributed by atoms with Crippen LogP contribution in [-0.4, -0.2) is 11.9 Å². The number of carbonyl (C=O) groups is 1. The van der Waals surface area contributed by atoms with Crippen LogP contribution in [-0.2, 0) is 0 Å². The van der Waals surface area contributed by atoms with Crippen LogP contribution in [0.4, 0.5) is 4.39 Å². The lowest BCUT2D eigenvalue weighted by Gasteiger charge is -2.32. The quantitative estimate of drug-likeness (QED) is 0.764. The molecule has 19 heavy (non-hydrogen) atoms. The van der Waals surface area contributed by atoms with Crippen LogP contribution in [0.3, 0.4) is 0 Å². The first-order chi connectivity index (χ1) is 8.95. The predicted molar refractivity (Wildman–Crippen MR) is 73.0 cm³/mol. The Morgan fingerprint density at radius 2 is 1.84 bits per heavy atom. The van der Waals surface area contributed by atoms with E-state index in [1.165, 1.54) is 25.5 Å². The Kier molecular flexibility index (Phi) is 4.23. The minimum atomic E-state index is -0.400. The van der Waals surface area contributed by atoms with Crippen molar-refractivity contribution in [1.29, 1.82) is 0 Å². The van der Waals surface area contributed by atoms with Crippen molar-refractivity contribution in [3.8, 4) is 5.75 Å². The minimum absolute atomic E-state index is 0.127. The van der Waals surface area contributed by atoms with Gasteiger partial charge in [0.15, 0.2) is 5.78 Å². The summed E-state index contributed by atoms with van der Waals surface area (Å²) >= 11 is 0. The SMILES string of the molecule is CC(=O)c1cc(F)ccc1OC1CC(C)CC(C)C1. The Hall–Kier alpha value is -1.38. The van der Waals surface area contributed by atoms with Gasteiger partial charge >= 0.3 is 0 Å². The lowest BCUT2D eigenvalue weighted by Crippen LogP contribution is -2.29. The highest BCUT2D eigenvalue weighted by molar-refractivity contribution is 5.96. The largest absolute Gasteiger partial charge is 0.490 e. The smallest absolute Gasteiger partial charge is 0.163 e. The molecule has 0 aliphatic heterocycles. The standard InChI is InChI=1S/C16H21FO2/c1-10-6-11(2)8-14(7-10)19-16-5-4-13(17)9-15(16)12(3)18/h4-5,9-11,14H,6-8H2,1-3H3. The zero-order chi connectivity index (χ0) is 14.0. The molecule has 0 spiro atoms. The van der Waals surface area contributed by atoms with E-state index in [1.54, 1.807) is 6.07 Å². The Labute approximate surface area is 114 Å². The number of carbonyl (C=O) groups excluding carboxylic acids is 1. The van der Waals surface area contributed by atoms with E-state index >= 15 is 0 Å². The van der Waals surface area contributed by atoms with Gasteiger partial charge < -0.3 is 4.74 Å². The molecule has 1 aromatic carbocycles. The normalized spacial score (nSPS) is 27.1. The topological polar surface area (TPSA) is 26.3 Å². The fourth-order valence-electron chi connectivity index (χ4n) is 3.03. The van der Waals surface area contributed by atoms with Crippen molar-refractivity contribution in [1.82, 2.24) is 0 Å². The van der Waals surface area contributed by atoms with E-state index in [0.717, 1.165) is 12.8 Å². The molecule has 0 heterocycles. The highest BCUT2D eigenvalue weighted by atomic mass is 19.1. The van der Waals surface area contributed by atoms with Gasteiger partial charge in [-0.25, -0.2) is 4.39 Å². The van der Waals surface area contributed by atoms with Crippen molar-refractivity contribution >= 4 is 5.78 Å². The summed E-state index contributed by atoms with van der Waals surface area (Å²) in [5, 5.41) is 0. The summed E-state index contributed by atoms with van der Waals surface area (Å²) in [6.07, 6.45) is 3.35. The van der Waals surface area contributed by atoms with Crippen LogP contribution in [0.5, 0.6) is 5.75 Å². The zero-order valence-corrected chi connectivity index (χ0v) is 11.8. The second kappa shape index (κ2) is 5.72. The number of halogens is 1. The molecule has 0 N–H and O–H groups in total. The van der Waals surface area contributed by atoms with Gasteiger partial charge in [-0.1, -0.05) is 13.8 Å². The molecule has 0 bridgehead atoms. The van der Waals surface area contributed by atoms with Crippen molar-refractivity contribution in [2.45, 2.75) is 46.1 Å². The summed E-state index contributed by atoms with van der Waals surface area (Å²) in [6.45, 7) is 5.89. The molecular formula is C16H21FO2. The van der Waals surface area contributed by atoms with Gasteiger partial charge in [-0.3, -0.25) is 4.79 Å². The molecule has 0 saturated heterocycles. The number of Topliss-reactive ketones (excluding diaryl/α,β-unsaturated/α-hetero) is 1. The van der Waals surface area contributed by atoms with Crippen LogP contribution < -0.4 is 4.74 Å². The summed E-state index contributed by atoms with van der Waals surface area (Å²) < 4.78 is 19.2. The molecule has 3 heteroatoms. The minimum Gasteiger partial charge on any atom is -0.490 e. The molecule has 0 amide bonds. The van der Waals surface area contributed by atoms with E-state index in [-0.39, 0.29) is 11.9 Å². The molecule has 0 radical (unpaired) electrons. The molecule has 104 valence electrons. The van der Waals surface area contributed by atoms with Gasteiger partial charge in [0, 0.05) is 0 Å². The molecule has 1 aromatic rings. The van der Waals surface area contributed by atoms with E-state index in [9.17, 15) is 9.18 Å². The fourth-order valence-corrected chi connectivity index (χ4v) is 3.03. The second-order valence-electron chi connectivity index (χ2n) is 5.85. The molecule has 2 nitrogen and oxygen atoms in total. The van der Waals surface area contributed by atoms with Gasteiger partial charge in [0.1, 0.15) is 11.6 Å². The van der Waals surface area contributed by atoms with E-state index in [4.69, 9.17) is 4.74 Å². The summed E-state index contributed by atoms with van der Waals surface area (Å²) in [7, 11) is 0. The molecular weight excluding hydrogens is 243 g/mol. The first-order valence-corrected chi connectivity index (χ1v) is 6.93. The van der Waals surface area contributed by atoms with Crippen LogP contribution in [0, 0.1) is 17.7 Å². The van der Waals surface area contributed by atoms with Crippen molar-refractivity contribution < 1.29 is 13.9 Å². The molecule has 2 unspecified atom stereocenters. The van der Waals surface area contributed by atoms with Gasteiger partial charge in [-0.2, -0.15) is 0 Å². The molecule has 1 fully saturated rings. The van der Waals surface area contributed by atoms with Gasteiger partial charge in [-0.15, -0.1) is 0 Å². The molecule has 2 rings (SSSR count). The number of ketones is 1. The first kappa shape index (κ1) is 14.0. The van der Waals surface area contributed by atoms with Crippen molar-refractivity contribution in [2.24, 2.45) is 11.8 Å². The van der Waals surface area contributed by atoms with Gasteiger partial charge in [0.25, 0.3) is 0 Å². The van der Waals surface area contributed by atoms with Crippen LogP contribution >= 0.6 is 0 Å². The Balaban J connectivity index is 2.16. The van der Waals surface area contributed by atoms with Crippen molar-refractivity contribution in [3.05, 3.63) is 29.6 Å². The predicted octanol–water partition coefficient (Wildman–Crippen LogP) is 4.23. The third-order valence-corrected chi connectivity index (χ3v) is 3.75. The van der Waals surface area contributed by atoms with E-state index < -0.39 is 5.82 Å². The highest BCUT2D eigenvalue weighted by Crippen LogP contribution is 2.32. The van der Waals surface area contributed by atoms with E-state index in [1.807, 2.05) is 0 Å². The van der Waals surface area contributed by atoms with Crippen LogP contribution in [0.15, 0.2) is 18.2 Å². The molecule has 1 saturated carbocycles. The zero-order valence-electron chi connectivity index (χ0n) is 11.8. The molecule has 1 aliphatic carbocycles. The monoisotopic (exact) mass is 264 g/mol. The van der Waals surface area contributed by atoms with Crippen LogP contribution in [0.2, 0.25) is 0 Å². The van der Waals surface area contributed by atoms with Gasteiger partial charge in [0.2, 0.25) is 0 Å². The molecule has 0 aromatic heterocycles. The summed E-state index contributed by atoms with van der Waals surface area (Å²) in [5.41, 5.74) is 0.339. The molecule has 2 atom stereocenters. The summed E-state index contributed by atoms with van der Waals surface area (Å²) in [5.74, 6) is 1.22. The van der Waals surface area contributed by atoms with E-state index in [0.29, 0.717) is 23.1 Å². The first-order valence-electron chi connectivity index (χ1n) is 6.93. The average molecular weight is 264 g/mol. The Morgan fingerprint density at radius 1 is 1.21 bits per heavy atom. The summed E-state index contributed by atoms with van der Waals surface area (Å²) in [6, 6.07) is 4.17.